The average molecular weight is 580 g/mol. The molecule has 6 rings (SSSR count). The fourth-order valence-corrected chi connectivity index (χ4v) is 12.9. The SMILES string of the molecule is CCOCO[C@H]1CC[C@@]2(C)C(=CC[C@H]3[C@@H]4CC[C@@H]([C@]5(C6CCC(C(C)(C)C)CC6)CC[CH]CCCC5)[C@]4(C)CC[C@@H]32)C1. The highest BCUT2D eigenvalue weighted by molar-refractivity contribution is 5.26. The van der Waals surface area contributed by atoms with Gasteiger partial charge in [-0.2, -0.15) is 0 Å². The number of rotatable bonds is 6. The van der Waals surface area contributed by atoms with E-state index < -0.39 is 0 Å². The van der Waals surface area contributed by atoms with E-state index in [9.17, 15) is 0 Å². The van der Waals surface area contributed by atoms with Gasteiger partial charge in [0.05, 0.1) is 6.10 Å². The van der Waals surface area contributed by atoms with Crippen LogP contribution in [-0.2, 0) is 9.47 Å². The zero-order chi connectivity index (χ0) is 29.6. The summed E-state index contributed by atoms with van der Waals surface area (Å²) in [6, 6.07) is 0. The molecule has 2 nitrogen and oxygen atoms in total. The van der Waals surface area contributed by atoms with Crippen molar-refractivity contribution in [2.24, 2.45) is 57.2 Å². The van der Waals surface area contributed by atoms with Crippen LogP contribution < -0.4 is 0 Å². The number of fused-ring (bicyclic) bond motifs is 5. The molecule has 0 heterocycles. The monoisotopic (exact) mass is 580 g/mol. The molecule has 8 atom stereocenters. The van der Waals surface area contributed by atoms with Crippen molar-refractivity contribution < 1.29 is 9.47 Å². The molecule has 5 fully saturated rings. The van der Waals surface area contributed by atoms with Gasteiger partial charge in [0.2, 0.25) is 0 Å². The molecule has 5 saturated carbocycles. The second kappa shape index (κ2) is 12.5. The molecular formula is C40H67O2. The second-order valence-electron chi connectivity index (χ2n) is 17.8. The molecule has 0 amide bonds. The van der Waals surface area contributed by atoms with Crippen molar-refractivity contribution in [3.8, 4) is 0 Å². The summed E-state index contributed by atoms with van der Waals surface area (Å²) < 4.78 is 11.7. The molecule has 2 heteroatoms. The largest absolute Gasteiger partial charge is 0.356 e. The maximum Gasteiger partial charge on any atom is 0.147 e. The quantitative estimate of drug-likeness (QED) is 0.177. The predicted octanol–water partition coefficient (Wildman–Crippen LogP) is 11.3. The van der Waals surface area contributed by atoms with Crippen LogP contribution >= 0.6 is 0 Å². The molecule has 42 heavy (non-hydrogen) atoms. The van der Waals surface area contributed by atoms with E-state index >= 15 is 0 Å². The number of hydrogen-bond donors (Lipinski definition) is 0. The van der Waals surface area contributed by atoms with Gasteiger partial charge >= 0.3 is 0 Å². The Labute approximate surface area is 260 Å². The van der Waals surface area contributed by atoms with Crippen LogP contribution in [0.15, 0.2) is 11.6 Å². The average Bonchev–Trinajstić information content (AvgIpc) is 3.31. The molecule has 0 unspecified atom stereocenters. The molecule has 6 aliphatic carbocycles. The van der Waals surface area contributed by atoms with Crippen LogP contribution in [0.4, 0.5) is 0 Å². The third-order valence-electron chi connectivity index (χ3n) is 15.2. The summed E-state index contributed by atoms with van der Waals surface area (Å²) in [5.74, 6) is 5.61. The summed E-state index contributed by atoms with van der Waals surface area (Å²) in [4.78, 5) is 0. The molecule has 0 aromatic carbocycles. The molecule has 0 aromatic rings. The van der Waals surface area contributed by atoms with E-state index in [1.54, 1.807) is 5.57 Å². The van der Waals surface area contributed by atoms with E-state index in [2.05, 4.69) is 54.0 Å². The molecule has 0 bridgehead atoms. The van der Waals surface area contributed by atoms with E-state index in [1.807, 2.05) is 0 Å². The molecule has 239 valence electrons. The lowest BCUT2D eigenvalue weighted by Gasteiger charge is -2.61. The standard InChI is InChI=1S/C40H67O2/c1-7-41-28-42-32-21-25-38(5)31(27-32)17-18-33-34-19-20-36(39(34,6)26-22-35(33)38)40(23-11-9-8-10-12-24-40)30-15-13-29(14-16-30)37(2,3)4/h9,17,29-30,32-36H,7-8,10-16,18-28H2,1-6H3/t29?,30?,32-,33-,34-,35-,36+,38-,39+,40+/m0/s1. The van der Waals surface area contributed by atoms with Crippen LogP contribution in [0.3, 0.4) is 0 Å². The second-order valence-corrected chi connectivity index (χ2v) is 17.8. The minimum absolute atomic E-state index is 0.362. The third-order valence-corrected chi connectivity index (χ3v) is 15.2. The summed E-state index contributed by atoms with van der Waals surface area (Å²) in [5, 5.41) is 0. The molecule has 1 radical (unpaired) electrons. The van der Waals surface area contributed by atoms with Crippen molar-refractivity contribution >= 4 is 0 Å². The van der Waals surface area contributed by atoms with Crippen LogP contribution in [0.25, 0.3) is 0 Å². The highest BCUT2D eigenvalue weighted by Gasteiger charge is 2.63. The first-order valence-electron chi connectivity index (χ1n) is 18.8. The van der Waals surface area contributed by atoms with Gasteiger partial charge in [0.1, 0.15) is 6.79 Å². The Bertz CT molecular complexity index is 928. The number of ether oxygens (including phenoxy) is 2. The van der Waals surface area contributed by atoms with Gasteiger partial charge in [-0.05, 0) is 167 Å². The van der Waals surface area contributed by atoms with Crippen molar-refractivity contribution in [3.05, 3.63) is 18.1 Å². The summed E-state index contributed by atoms with van der Waals surface area (Å²) >= 11 is 0. The Morgan fingerprint density at radius 2 is 1.64 bits per heavy atom. The zero-order valence-electron chi connectivity index (χ0n) is 28.7. The Hall–Kier alpha value is -0.340. The fraction of sp³-hybridized carbons (Fsp3) is 0.925. The van der Waals surface area contributed by atoms with Gasteiger partial charge in [-0.1, -0.05) is 65.5 Å². The van der Waals surface area contributed by atoms with E-state index in [4.69, 9.17) is 9.47 Å². The lowest BCUT2D eigenvalue weighted by atomic mass is 9.44. The van der Waals surface area contributed by atoms with Gasteiger partial charge in [-0.15, -0.1) is 0 Å². The van der Waals surface area contributed by atoms with Crippen molar-refractivity contribution in [3.63, 3.8) is 0 Å². The summed E-state index contributed by atoms with van der Waals surface area (Å²) in [6.07, 6.45) is 31.6. The summed E-state index contributed by atoms with van der Waals surface area (Å²) in [7, 11) is 0. The highest BCUT2D eigenvalue weighted by atomic mass is 16.7. The van der Waals surface area contributed by atoms with Crippen LogP contribution in [0.1, 0.15) is 157 Å². The van der Waals surface area contributed by atoms with E-state index in [-0.39, 0.29) is 0 Å². The summed E-state index contributed by atoms with van der Waals surface area (Å²) in [6.45, 7) is 16.3. The van der Waals surface area contributed by atoms with E-state index in [0.717, 1.165) is 48.5 Å². The lowest BCUT2D eigenvalue weighted by Crippen LogP contribution is -2.53. The highest BCUT2D eigenvalue weighted by Crippen LogP contribution is 2.71. The maximum absolute atomic E-state index is 6.17. The molecule has 0 N–H and O–H groups in total. The lowest BCUT2D eigenvalue weighted by molar-refractivity contribution is -0.116. The minimum atomic E-state index is 0.362. The Morgan fingerprint density at radius 1 is 0.833 bits per heavy atom. The van der Waals surface area contributed by atoms with Gasteiger partial charge in [0, 0.05) is 6.61 Å². The van der Waals surface area contributed by atoms with Crippen LogP contribution in [-0.4, -0.2) is 19.5 Å². The molecular weight excluding hydrogens is 512 g/mol. The van der Waals surface area contributed by atoms with Crippen LogP contribution in [0, 0.1) is 63.6 Å². The zero-order valence-corrected chi connectivity index (χ0v) is 28.7. The van der Waals surface area contributed by atoms with E-state index in [1.165, 1.54) is 109 Å². The van der Waals surface area contributed by atoms with Crippen molar-refractivity contribution in [1.29, 1.82) is 0 Å². The van der Waals surface area contributed by atoms with Gasteiger partial charge in [0.25, 0.3) is 0 Å². The molecule has 6 aliphatic rings. The van der Waals surface area contributed by atoms with Gasteiger partial charge < -0.3 is 9.47 Å². The van der Waals surface area contributed by atoms with Crippen molar-refractivity contribution in [2.45, 2.75) is 163 Å². The van der Waals surface area contributed by atoms with Crippen LogP contribution in [0.5, 0.6) is 0 Å². The third kappa shape index (κ3) is 5.62. The van der Waals surface area contributed by atoms with Gasteiger partial charge in [0.15, 0.2) is 0 Å². The maximum atomic E-state index is 6.17. The molecule has 0 saturated heterocycles. The van der Waals surface area contributed by atoms with Gasteiger partial charge in [-0.3, -0.25) is 0 Å². The van der Waals surface area contributed by atoms with Crippen molar-refractivity contribution in [1.82, 2.24) is 0 Å². The van der Waals surface area contributed by atoms with E-state index in [0.29, 0.717) is 34.6 Å². The molecule has 0 spiro atoms. The van der Waals surface area contributed by atoms with Crippen molar-refractivity contribution in [2.75, 3.05) is 13.4 Å². The Kier molecular flexibility index (Phi) is 9.38. The number of hydrogen-bond acceptors (Lipinski definition) is 2. The smallest absolute Gasteiger partial charge is 0.147 e. The number of allylic oxidation sites excluding steroid dienone is 1. The normalized spacial score (nSPS) is 44.2. The Balaban J connectivity index is 1.23. The fourth-order valence-electron chi connectivity index (χ4n) is 12.9. The summed E-state index contributed by atoms with van der Waals surface area (Å²) in [5.41, 5.74) is 3.80. The van der Waals surface area contributed by atoms with Crippen LogP contribution in [0.2, 0.25) is 0 Å². The predicted molar refractivity (Wildman–Crippen MR) is 176 cm³/mol. The first-order chi connectivity index (χ1) is 20.1. The minimum Gasteiger partial charge on any atom is -0.356 e. The Morgan fingerprint density at radius 3 is 2.40 bits per heavy atom. The van der Waals surface area contributed by atoms with Gasteiger partial charge in [-0.25, -0.2) is 0 Å². The first-order valence-corrected chi connectivity index (χ1v) is 18.8. The first kappa shape index (κ1) is 31.6. The molecule has 0 aromatic heterocycles. The molecule has 0 aliphatic heterocycles. The topological polar surface area (TPSA) is 18.5 Å².